The molecule has 0 saturated heterocycles. The number of anilines is 2. The third kappa shape index (κ3) is 3.91. The molecule has 7 heteroatoms. The second kappa shape index (κ2) is 6.53. The lowest BCUT2D eigenvalue weighted by Crippen LogP contribution is -2.17. The van der Waals surface area contributed by atoms with Crippen LogP contribution < -0.4 is 10.0 Å². The zero-order chi connectivity index (χ0) is 15.3. The van der Waals surface area contributed by atoms with Crippen LogP contribution in [0.5, 0.6) is 0 Å². The van der Waals surface area contributed by atoms with Crippen LogP contribution in [0.2, 0.25) is 0 Å². The Labute approximate surface area is 124 Å². The molecule has 0 spiro atoms. The van der Waals surface area contributed by atoms with Crippen LogP contribution >= 0.6 is 0 Å². The summed E-state index contributed by atoms with van der Waals surface area (Å²) in [5.74, 6) is 0.639. The first-order valence-corrected chi connectivity index (χ1v) is 8.16. The zero-order valence-corrected chi connectivity index (χ0v) is 12.8. The molecule has 2 aromatic rings. The highest BCUT2D eigenvalue weighted by molar-refractivity contribution is 7.92. The van der Waals surface area contributed by atoms with Crippen molar-refractivity contribution in [1.82, 2.24) is 9.97 Å². The Morgan fingerprint density at radius 1 is 1.19 bits per heavy atom. The van der Waals surface area contributed by atoms with E-state index in [0.717, 1.165) is 12.1 Å². The molecule has 21 heavy (non-hydrogen) atoms. The quantitative estimate of drug-likeness (QED) is 0.856. The Morgan fingerprint density at radius 2 is 2.00 bits per heavy atom. The third-order valence-electron chi connectivity index (χ3n) is 2.73. The standard InChI is InChI=1S/C14H18N4O2S/c1-3-9-15-14-12(7-5-10-16-14)21(19,20)18-13-8-4-6-11(2)17-13/h4-8,10H,3,9H2,1-2H3,(H,15,16)(H,17,18). The van der Waals surface area contributed by atoms with Crippen molar-refractivity contribution in [2.75, 3.05) is 16.6 Å². The summed E-state index contributed by atoms with van der Waals surface area (Å²) in [7, 11) is -3.73. The number of nitrogens with one attached hydrogen (secondary N) is 2. The second-order valence-electron chi connectivity index (χ2n) is 4.55. The number of hydrogen-bond acceptors (Lipinski definition) is 5. The average Bonchev–Trinajstić information content (AvgIpc) is 2.45. The van der Waals surface area contributed by atoms with Crippen LogP contribution in [0.1, 0.15) is 19.0 Å². The number of aryl methyl sites for hydroxylation is 1. The molecule has 0 fully saturated rings. The molecule has 0 bridgehead atoms. The molecule has 0 amide bonds. The van der Waals surface area contributed by atoms with E-state index in [1.807, 2.05) is 6.92 Å². The lowest BCUT2D eigenvalue weighted by molar-refractivity contribution is 0.601. The molecule has 0 aromatic carbocycles. The van der Waals surface area contributed by atoms with Crippen molar-refractivity contribution < 1.29 is 8.42 Å². The van der Waals surface area contributed by atoms with Gasteiger partial charge in [0.25, 0.3) is 10.0 Å². The highest BCUT2D eigenvalue weighted by Gasteiger charge is 2.19. The van der Waals surface area contributed by atoms with E-state index in [2.05, 4.69) is 20.0 Å². The summed E-state index contributed by atoms with van der Waals surface area (Å²) in [6.45, 7) is 4.46. The molecule has 0 unspecified atom stereocenters. The van der Waals surface area contributed by atoms with Gasteiger partial charge in [-0.05, 0) is 37.6 Å². The van der Waals surface area contributed by atoms with E-state index < -0.39 is 10.0 Å². The summed E-state index contributed by atoms with van der Waals surface area (Å²) in [6.07, 6.45) is 2.44. The smallest absolute Gasteiger partial charge is 0.266 e. The van der Waals surface area contributed by atoms with Crippen LogP contribution in [0.25, 0.3) is 0 Å². The van der Waals surface area contributed by atoms with Crippen LogP contribution in [0.3, 0.4) is 0 Å². The first-order chi connectivity index (χ1) is 10.0. The molecular formula is C14H18N4O2S. The summed E-state index contributed by atoms with van der Waals surface area (Å²) in [5, 5.41) is 3.02. The highest BCUT2D eigenvalue weighted by Crippen LogP contribution is 2.20. The molecule has 0 aliphatic carbocycles. The van der Waals surface area contributed by atoms with Gasteiger partial charge in [0.2, 0.25) is 0 Å². The van der Waals surface area contributed by atoms with Gasteiger partial charge in [0.1, 0.15) is 16.5 Å². The minimum absolute atomic E-state index is 0.113. The monoisotopic (exact) mass is 306 g/mol. The number of nitrogens with zero attached hydrogens (tertiary/aromatic N) is 2. The number of sulfonamides is 1. The van der Waals surface area contributed by atoms with Crippen molar-refractivity contribution >= 4 is 21.7 Å². The fraction of sp³-hybridized carbons (Fsp3) is 0.286. The Morgan fingerprint density at radius 3 is 2.71 bits per heavy atom. The maximum absolute atomic E-state index is 12.5. The van der Waals surface area contributed by atoms with Gasteiger partial charge in [0.15, 0.2) is 0 Å². The van der Waals surface area contributed by atoms with Gasteiger partial charge in [-0.1, -0.05) is 13.0 Å². The average molecular weight is 306 g/mol. The highest BCUT2D eigenvalue weighted by atomic mass is 32.2. The van der Waals surface area contributed by atoms with E-state index >= 15 is 0 Å². The fourth-order valence-corrected chi connectivity index (χ4v) is 2.91. The summed E-state index contributed by atoms with van der Waals surface area (Å²) >= 11 is 0. The van der Waals surface area contributed by atoms with Gasteiger partial charge in [-0.25, -0.2) is 18.4 Å². The van der Waals surface area contributed by atoms with Crippen molar-refractivity contribution in [1.29, 1.82) is 0 Å². The van der Waals surface area contributed by atoms with Crippen LogP contribution in [0, 0.1) is 6.92 Å². The molecule has 0 radical (unpaired) electrons. The summed E-state index contributed by atoms with van der Waals surface area (Å²) in [5.41, 5.74) is 0.741. The van der Waals surface area contributed by atoms with Gasteiger partial charge in [0.05, 0.1) is 0 Å². The van der Waals surface area contributed by atoms with Crippen LogP contribution in [-0.4, -0.2) is 24.9 Å². The largest absolute Gasteiger partial charge is 0.369 e. The SMILES string of the molecule is CCCNc1ncccc1S(=O)(=O)Nc1cccc(C)n1. The normalized spacial score (nSPS) is 11.1. The molecule has 2 heterocycles. The van der Waals surface area contributed by atoms with Crippen molar-refractivity contribution in [3.8, 4) is 0 Å². The van der Waals surface area contributed by atoms with E-state index in [0.29, 0.717) is 18.2 Å². The third-order valence-corrected chi connectivity index (χ3v) is 4.12. The van der Waals surface area contributed by atoms with Gasteiger partial charge in [-0.15, -0.1) is 0 Å². The first kappa shape index (κ1) is 15.2. The van der Waals surface area contributed by atoms with E-state index in [1.54, 1.807) is 37.4 Å². The van der Waals surface area contributed by atoms with Crippen LogP contribution in [-0.2, 0) is 10.0 Å². The maximum atomic E-state index is 12.5. The number of pyridine rings is 2. The molecule has 2 N–H and O–H groups in total. The van der Waals surface area contributed by atoms with Gasteiger partial charge in [-0.2, -0.15) is 0 Å². The molecule has 0 saturated carbocycles. The molecule has 0 aliphatic heterocycles. The fourth-order valence-electron chi connectivity index (χ4n) is 1.78. The molecule has 2 aromatic heterocycles. The minimum Gasteiger partial charge on any atom is -0.369 e. The van der Waals surface area contributed by atoms with E-state index in [4.69, 9.17) is 0 Å². The van der Waals surface area contributed by atoms with Crippen molar-refractivity contribution in [2.24, 2.45) is 0 Å². The Kier molecular flexibility index (Phi) is 4.74. The molecule has 0 atom stereocenters. The predicted octanol–water partition coefficient (Wildman–Crippen LogP) is 2.41. The predicted molar refractivity (Wildman–Crippen MR) is 82.8 cm³/mol. The maximum Gasteiger partial charge on any atom is 0.266 e. The van der Waals surface area contributed by atoms with Crippen LogP contribution in [0.15, 0.2) is 41.4 Å². The second-order valence-corrected chi connectivity index (χ2v) is 6.20. The Hall–Kier alpha value is -2.15. The van der Waals surface area contributed by atoms with Gasteiger partial charge in [0, 0.05) is 18.4 Å². The summed E-state index contributed by atoms with van der Waals surface area (Å²) < 4.78 is 27.4. The lowest BCUT2D eigenvalue weighted by Gasteiger charge is -2.12. The van der Waals surface area contributed by atoms with Crippen molar-refractivity contribution in [3.05, 3.63) is 42.2 Å². The van der Waals surface area contributed by atoms with E-state index in [1.165, 1.54) is 6.07 Å². The van der Waals surface area contributed by atoms with Crippen LogP contribution in [0.4, 0.5) is 11.6 Å². The molecule has 0 aliphatic rings. The van der Waals surface area contributed by atoms with Gasteiger partial charge < -0.3 is 5.32 Å². The molecule has 2 rings (SSSR count). The number of hydrogen-bond donors (Lipinski definition) is 2. The number of rotatable bonds is 6. The lowest BCUT2D eigenvalue weighted by atomic mass is 10.4. The van der Waals surface area contributed by atoms with Crippen molar-refractivity contribution in [2.45, 2.75) is 25.2 Å². The van der Waals surface area contributed by atoms with E-state index in [-0.39, 0.29) is 4.90 Å². The molecular weight excluding hydrogens is 288 g/mol. The van der Waals surface area contributed by atoms with E-state index in [9.17, 15) is 8.42 Å². The van der Waals surface area contributed by atoms with Gasteiger partial charge >= 0.3 is 0 Å². The topological polar surface area (TPSA) is 84.0 Å². The summed E-state index contributed by atoms with van der Waals surface area (Å²) in [6, 6.07) is 8.27. The Bertz CT molecular complexity index is 716. The van der Waals surface area contributed by atoms with Gasteiger partial charge in [-0.3, -0.25) is 4.72 Å². The first-order valence-electron chi connectivity index (χ1n) is 6.68. The Balaban J connectivity index is 2.31. The minimum atomic E-state index is -3.73. The van der Waals surface area contributed by atoms with Crippen molar-refractivity contribution in [3.63, 3.8) is 0 Å². The molecule has 112 valence electrons. The summed E-state index contributed by atoms with van der Waals surface area (Å²) in [4.78, 5) is 8.35. The molecule has 6 nitrogen and oxygen atoms in total. The number of aromatic nitrogens is 2. The zero-order valence-electron chi connectivity index (χ0n) is 12.0.